The second kappa shape index (κ2) is 6.99. The largest absolute Gasteiger partial charge is 0.427 e. The summed E-state index contributed by atoms with van der Waals surface area (Å²) in [5.74, 6) is 0.0731. The monoisotopic (exact) mass is 318 g/mol. The zero-order chi connectivity index (χ0) is 16.1. The summed E-state index contributed by atoms with van der Waals surface area (Å²) in [7, 11) is 0. The Bertz CT molecular complexity index is 769. The molecule has 2 rings (SSSR count). The Morgan fingerprint density at radius 3 is 2.59 bits per heavy atom. The van der Waals surface area contributed by atoms with E-state index in [0.717, 1.165) is 5.56 Å². The molecule has 0 amide bonds. The van der Waals surface area contributed by atoms with E-state index in [1.54, 1.807) is 37.4 Å². The number of esters is 1. The third-order valence-electron chi connectivity index (χ3n) is 2.62. The zero-order valence-electron chi connectivity index (χ0n) is 12.3. The standard InChI is InChI=1S/C14H14N4O3S/c1-9-13(20)18(14(22-3)17-16-9)15-8-11-4-6-12(7-5-11)21-10(2)19/h4-8H,1-3H3/b15-8-. The molecule has 0 unspecified atom stereocenters. The van der Waals surface area contributed by atoms with E-state index in [9.17, 15) is 9.59 Å². The number of hydrogen-bond acceptors (Lipinski definition) is 7. The van der Waals surface area contributed by atoms with Gasteiger partial charge >= 0.3 is 5.97 Å². The molecule has 0 aliphatic heterocycles. The molecule has 1 aromatic heterocycles. The van der Waals surface area contributed by atoms with Crippen LogP contribution >= 0.6 is 11.8 Å². The van der Waals surface area contributed by atoms with Crippen molar-refractivity contribution in [1.29, 1.82) is 0 Å². The minimum atomic E-state index is -0.379. The van der Waals surface area contributed by atoms with Crippen molar-refractivity contribution >= 4 is 23.9 Å². The molecular weight excluding hydrogens is 304 g/mol. The van der Waals surface area contributed by atoms with Crippen molar-refractivity contribution in [3.05, 3.63) is 45.9 Å². The third-order valence-corrected chi connectivity index (χ3v) is 3.23. The smallest absolute Gasteiger partial charge is 0.308 e. The molecule has 1 heterocycles. The molecule has 0 fully saturated rings. The van der Waals surface area contributed by atoms with Crippen molar-refractivity contribution < 1.29 is 9.53 Å². The minimum Gasteiger partial charge on any atom is -0.427 e. The number of carbonyl (C=O) groups excluding carboxylic acids is 1. The van der Waals surface area contributed by atoms with E-state index in [0.29, 0.717) is 10.9 Å². The van der Waals surface area contributed by atoms with Gasteiger partial charge in [0.05, 0.1) is 6.21 Å². The number of aromatic nitrogens is 3. The molecule has 0 saturated heterocycles. The molecule has 0 aliphatic rings. The van der Waals surface area contributed by atoms with Gasteiger partial charge in [-0.15, -0.1) is 10.2 Å². The quantitative estimate of drug-likeness (QED) is 0.367. The number of benzene rings is 1. The molecule has 0 saturated carbocycles. The summed E-state index contributed by atoms with van der Waals surface area (Å²) in [6, 6.07) is 6.76. The first kappa shape index (κ1) is 15.9. The Morgan fingerprint density at radius 1 is 1.32 bits per heavy atom. The third kappa shape index (κ3) is 3.79. The molecule has 0 radical (unpaired) electrons. The molecule has 0 bridgehead atoms. The van der Waals surface area contributed by atoms with Gasteiger partial charge in [0.1, 0.15) is 11.4 Å². The number of thioether (sulfide) groups is 1. The topological polar surface area (TPSA) is 86.4 Å². The lowest BCUT2D eigenvalue weighted by Crippen LogP contribution is -2.23. The number of hydrogen-bond donors (Lipinski definition) is 0. The Balaban J connectivity index is 2.27. The number of nitrogens with zero attached hydrogens (tertiary/aromatic N) is 4. The molecule has 0 atom stereocenters. The number of rotatable bonds is 4. The fourth-order valence-electron chi connectivity index (χ4n) is 1.58. The molecule has 7 nitrogen and oxygen atoms in total. The van der Waals surface area contributed by atoms with E-state index in [-0.39, 0.29) is 17.2 Å². The Labute approximate surface area is 131 Å². The van der Waals surface area contributed by atoms with E-state index >= 15 is 0 Å². The van der Waals surface area contributed by atoms with E-state index in [2.05, 4.69) is 15.3 Å². The lowest BCUT2D eigenvalue weighted by atomic mass is 10.2. The van der Waals surface area contributed by atoms with Crippen LogP contribution < -0.4 is 10.3 Å². The highest BCUT2D eigenvalue weighted by Crippen LogP contribution is 2.12. The second-order valence-electron chi connectivity index (χ2n) is 4.30. The Hall–Kier alpha value is -2.48. The highest BCUT2D eigenvalue weighted by Gasteiger charge is 2.07. The number of ether oxygens (including phenoxy) is 1. The molecule has 114 valence electrons. The van der Waals surface area contributed by atoms with Crippen LogP contribution in [-0.2, 0) is 4.79 Å². The average Bonchev–Trinajstić information content (AvgIpc) is 2.49. The Morgan fingerprint density at radius 2 is 2.00 bits per heavy atom. The maximum atomic E-state index is 12.0. The van der Waals surface area contributed by atoms with Crippen LogP contribution in [0, 0.1) is 6.92 Å². The second-order valence-corrected chi connectivity index (χ2v) is 5.07. The predicted molar refractivity (Wildman–Crippen MR) is 83.6 cm³/mol. The van der Waals surface area contributed by atoms with Crippen molar-refractivity contribution in [2.45, 2.75) is 19.0 Å². The lowest BCUT2D eigenvalue weighted by Gasteiger charge is -2.04. The average molecular weight is 318 g/mol. The summed E-state index contributed by atoms with van der Waals surface area (Å²) in [5.41, 5.74) is 0.719. The summed E-state index contributed by atoms with van der Waals surface area (Å²) in [6.07, 6.45) is 3.32. The first-order valence-electron chi connectivity index (χ1n) is 6.34. The van der Waals surface area contributed by atoms with E-state index in [1.165, 1.54) is 29.6 Å². The van der Waals surface area contributed by atoms with E-state index in [4.69, 9.17) is 4.74 Å². The van der Waals surface area contributed by atoms with Gasteiger partial charge in [-0.1, -0.05) is 11.8 Å². The molecule has 1 aromatic carbocycles. The van der Waals surface area contributed by atoms with Gasteiger partial charge in [-0.2, -0.15) is 9.78 Å². The molecular formula is C14H14N4O3S. The maximum Gasteiger partial charge on any atom is 0.308 e. The summed E-state index contributed by atoms with van der Waals surface area (Å²) >= 11 is 1.28. The normalized spacial score (nSPS) is 10.9. The summed E-state index contributed by atoms with van der Waals surface area (Å²) in [5, 5.41) is 12.3. The van der Waals surface area contributed by atoms with Gasteiger partial charge in [-0.3, -0.25) is 9.59 Å². The SMILES string of the molecule is CSc1nnc(C)c(=O)n1/N=C\c1ccc(OC(C)=O)cc1. The molecule has 0 N–H and O–H groups in total. The number of aryl methyl sites for hydroxylation is 1. The van der Waals surface area contributed by atoms with Gasteiger partial charge in [0.15, 0.2) is 0 Å². The predicted octanol–water partition coefficient (Wildman–Crippen LogP) is 1.48. The molecule has 22 heavy (non-hydrogen) atoms. The van der Waals surface area contributed by atoms with Gasteiger partial charge in [-0.05, 0) is 43.0 Å². The highest BCUT2D eigenvalue weighted by atomic mass is 32.2. The van der Waals surface area contributed by atoms with Crippen LogP contribution in [0.2, 0.25) is 0 Å². The lowest BCUT2D eigenvalue weighted by molar-refractivity contribution is -0.131. The van der Waals surface area contributed by atoms with Crippen LogP contribution in [0.25, 0.3) is 0 Å². The van der Waals surface area contributed by atoms with Crippen LogP contribution in [0.15, 0.2) is 39.3 Å². The van der Waals surface area contributed by atoms with E-state index < -0.39 is 0 Å². The van der Waals surface area contributed by atoms with Gasteiger partial charge in [0.25, 0.3) is 5.56 Å². The van der Waals surface area contributed by atoms with Crippen molar-refractivity contribution in [1.82, 2.24) is 14.9 Å². The Kier molecular flexibility index (Phi) is 5.05. The minimum absolute atomic E-state index is 0.278. The fraction of sp³-hybridized carbons (Fsp3) is 0.214. The van der Waals surface area contributed by atoms with Gasteiger partial charge in [0, 0.05) is 6.92 Å². The molecule has 2 aromatic rings. The first-order chi connectivity index (χ1) is 10.5. The molecule has 8 heteroatoms. The van der Waals surface area contributed by atoms with Gasteiger partial charge in [-0.25, -0.2) is 0 Å². The van der Waals surface area contributed by atoms with Crippen molar-refractivity contribution in [2.24, 2.45) is 5.10 Å². The molecule has 0 spiro atoms. The van der Waals surface area contributed by atoms with Crippen LogP contribution in [0.3, 0.4) is 0 Å². The van der Waals surface area contributed by atoms with Crippen LogP contribution in [0.5, 0.6) is 5.75 Å². The fourth-order valence-corrected chi connectivity index (χ4v) is 2.01. The van der Waals surface area contributed by atoms with Gasteiger partial charge in [0.2, 0.25) is 5.16 Å². The van der Waals surface area contributed by atoms with Gasteiger partial charge < -0.3 is 4.74 Å². The number of carbonyl (C=O) groups is 1. The highest BCUT2D eigenvalue weighted by molar-refractivity contribution is 7.98. The summed E-state index contributed by atoms with van der Waals surface area (Å²) < 4.78 is 6.14. The van der Waals surface area contributed by atoms with Crippen molar-refractivity contribution in [3.63, 3.8) is 0 Å². The zero-order valence-corrected chi connectivity index (χ0v) is 13.1. The van der Waals surface area contributed by atoms with Crippen LogP contribution in [0.1, 0.15) is 18.2 Å². The van der Waals surface area contributed by atoms with Crippen LogP contribution in [-0.4, -0.2) is 33.3 Å². The van der Waals surface area contributed by atoms with Crippen molar-refractivity contribution in [2.75, 3.05) is 6.26 Å². The summed E-state index contributed by atoms with van der Waals surface area (Å²) in [6.45, 7) is 2.92. The first-order valence-corrected chi connectivity index (χ1v) is 7.57. The van der Waals surface area contributed by atoms with Crippen molar-refractivity contribution in [3.8, 4) is 5.75 Å². The maximum absolute atomic E-state index is 12.0. The van der Waals surface area contributed by atoms with Crippen LogP contribution in [0.4, 0.5) is 0 Å². The molecule has 0 aliphatic carbocycles. The summed E-state index contributed by atoms with van der Waals surface area (Å²) in [4.78, 5) is 22.9. The van der Waals surface area contributed by atoms with E-state index in [1.807, 2.05) is 0 Å².